The van der Waals surface area contributed by atoms with Crippen LogP contribution in [0.4, 0.5) is 5.69 Å². The van der Waals surface area contributed by atoms with Crippen molar-refractivity contribution in [3.05, 3.63) is 57.3 Å². The van der Waals surface area contributed by atoms with E-state index in [0.717, 1.165) is 0 Å². The lowest BCUT2D eigenvalue weighted by Gasteiger charge is -2.12. The van der Waals surface area contributed by atoms with Crippen LogP contribution in [-0.2, 0) is 9.53 Å². The normalized spacial score (nSPS) is 14.2. The van der Waals surface area contributed by atoms with Crippen molar-refractivity contribution in [2.75, 3.05) is 28.4 Å². The number of cyclic esters (lactones) is 1. The van der Waals surface area contributed by atoms with Gasteiger partial charge in [-0.3, -0.25) is 10.1 Å². The smallest absolute Gasteiger partial charge is 0.363 e. The molecule has 0 aromatic heterocycles. The van der Waals surface area contributed by atoms with E-state index in [0.29, 0.717) is 22.8 Å². The summed E-state index contributed by atoms with van der Waals surface area (Å²) in [7, 11) is 5.83. The van der Waals surface area contributed by atoms with E-state index in [1.807, 2.05) is 0 Å². The number of carbonyl (C=O) groups excluding carboxylic acids is 1. The number of methoxy groups -OCH3 is 4. The largest absolute Gasteiger partial charge is 0.496 e. The molecule has 0 aliphatic carbocycles. The minimum atomic E-state index is -0.715. The number of hydrogen-bond acceptors (Lipinski definition) is 9. The quantitative estimate of drug-likeness (QED) is 0.294. The minimum absolute atomic E-state index is 0.00664. The van der Waals surface area contributed by atoms with Crippen LogP contribution in [0.25, 0.3) is 6.08 Å². The standard InChI is InChI=1S/C20H18N2O8/c1-26-15-6-5-12(22(24)25)10-13(15)19-21-14(20(23)30-19)7-11-8-16(27-2)18(29-4)17(9-11)28-3/h5-10H,1-4H3. The van der Waals surface area contributed by atoms with Crippen LogP contribution in [0.2, 0.25) is 0 Å². The van der Waals surface area contributed by atoms with Crippen LogP contribution in [0.3, 0.4) is 0 Å². The molecule has 10 heteroatoms. The van der Waals surface area contributed by atoms with Crippen LogP contribution in [0.5, 0.6) is 23.0 Å². The first-order chi connectivity index (χ1) is 14.4. The zero-order valence-corrected chi connectivity index (χ0v) is 16.6. The molecular weight excluding hydrogens is 396 g/mol. The number of carbonyl (C=O) groups is 1. The highest BCUT2D eigenvalue weighted by Crippen LogP contribution is 2.39. The van der Waals surface area contributed by atoms with Crippen LogP contribution in [-0.4, -0.2) is 45.2 Å². The van der Waals surface area contributed by atoms with Crippen molar-refractivity contribution >= 4 is 23.6 Å². The Kier molecular flexibility index (Phi) is 5.86. The predicted molar refractivity (Wildman–Crippen MR) is 106 cm³/mol. The van der Waals surface area contributed by atoms with Crippen LogP contribution in [0.15, 0.2) is 41.0 Å². The van der Waals surface area contributed by atoms with Crippen LogP contribution < -0.4 is 18.9 Å². The molecule has 0 amide bonds. The van der Waals surface area contributed by atoms with Crippen LogP contribution in [0, 0.1) is 10.1 Å². The van der Waals surface area contributed by atoms with E-state index in [4.69, 9.17) is 23.7 Å². The second-order valence-electron chi connectivity index (χ2n) is 5.94. The van der Waals surface area contributed by atoms with Gasteiger partial charge in [0.1, 0.15) is 5.75 Å². The first-order valence-electron chi connectivity index (χ1n) is 8.57. The average Bonchev–Trinajstić information content (AvgIpc) is 3.12. The SMILES string of the molecule is COc1ccc([N+](=O)[O-])cc1C1=NC(=Cc2cc(OC)c(OC)c(OC)c2)C(=O)O1. The maximum absolute atomic E-state index is 12.3. The maximum Gasteiger partial charge on any atom is 0.363 e. The van der Waals surface area contributed by atoms with Gasteiger partial charge in [-0.25, -0.2) is 9.79 Å². The Morgan fingerprint density at radius 2 is 1.60 bits per heavy atom. The van der Waals surface area contributed by atoms with Crippen molar-refractivity contribution in [2.45, 2.75) is 0 Å². The number of esters is 1. The van der Waals surface area contributed by atoms with Gasteiger partial charge in [-0.05, 0) is 29.8 Å². The van der Waals surface area contributed by atoms with Gasteiger partial charge in [-0.2, -0.15) is 0 Å². The monoisotopic (exact) mass is 414 g/mol. The summed E-state index contributed by atoms with van der Waals surface area (Å²) in [6.07, 6.45) is 1.48. The maximum atomic E-state index is 12.3. The fourth-order valence-electron chi connectivity index (χ4n) is 2.84. The molecule has 1 aliphatic rings. The summed E-state index contributed by atoms with van der Waals surface area (Å²) in [4.78, 5) is 27.1. The van der Waals surface area contributed by atoms with Gasteiger partial charge in [0.15, 0.2) is 17.2 Å². The van der Waals surface area contributed by atoms with Crippen LogP contribution in [0.1, 0.15) is 11.1 Å². The summed E-state index contributed by atoms with van der Waals surface area (Å²) in [5, 5.41) is 11.1. The van der Waals surface area contributed by atoms with Crippen LogP contribution >= 0.6 is 0 Å². The summed E-state index contributed by atoms with van der Waals surface area (Å²) in [5.74, 6) is 0.675. The van der Waals surface area contributed by atoms with E-state index in [1.165, 1.54) is 52.7 Å². The molecule has 10 nitrogen and oxygen atoms in total. The molecule has 0 unspecified atom stereocenters. The van der Waals surface area contributed by atoms with Crippen molar-refractivity contribution in [3.8, 4) is 23.0 Å². The Morgan fingerprint density at radius 3 is 2.13 bits per heavy atom. The molecular formula is C20H18N2O8. The lowest BCUT2D eigenvalue weighted by atomic mass is 10.1. The molecule has 0 bridgehead atoms. The van der Waals surface area contributed by atoms with Gasteiger partial charge in [0.25, 0.3) is 5.69 Å². The molecule has 0 radical (unpaired) electrons. The van der Waals surface area contributed by atoms with Gasteiger partial charge in [0.05, 0.1) is 38.9 Å². The molecule has 0 spiro atoms. The molecule has 0 saturated carbocycles. The molecule has 0 saturated heterocycles. The minimum Gasteiger partial charge on any atom is -0.496 e. The molecule has 156 valence electrons. The van der Waals surface area contributed by atoms with Gasteiger partial charge in [0.2, 0.25) is 11.6 Å². The Labute approximate surface area is 171 Å². The molecule has 1 heterocycles. The number of benzene rings is 2. The van der Waals surface area contributed by atoms with E-state index < -0.39 is 10.9 Å². The predicted octanol–water partition coefficient (Wildman–Crippen LogP) is 2.97. The third-order valence-corrected chi connectivity index (χ3v) is 4.24. The fraction of sp³-hybridized carbons (Fsp3) is 0.200. The topological polar surface area (TPSA) is 119 Å². The zero-order chi connectivity index (χ0) is 21.8. The first kappa shape index (κ1) is 20.6. The number of nitro groups is 1. The Hall–Kier alpha value is -4.08. The highest BCUT2D eigenvalue weighted by molar-refractivity contribution is 6.14. The van der Waals surface area contributed by atoms with Crippen molar-refractivity contribution in [2.24, 2.45) is 4.99 Å². The average molecular weight is 414 g/mol. The number of nitrogens with zero attached hydrogens (tertiary/aromatic N) is 2. The molecule has 0 N–H and O–H groups in total. The number of non-ortho nitro benzene ring substituents is 1. The molecule has 3 rings (SSSR count). The summed E-state index contributed by atoms with van der Waals surface area (Å²) in [6.45, 7) is 0. The summed E-state index contributed by atoms with van der Waals surface area (Å²) < 4.78 is 26.3. The first-order valence-corrected chi connectivity index (χ1v) is 8.57. The van der Waals surface area contributed by atoms with Gasteiger partial charge in [-0.1, -0.05) is 0 Å². The molecule has 30 heavy (non-hydrogen) atoms. The van der Waals surface area contributed by atoms with Gasteiger partial charge in [-0.15, -0.1) is 0 Å². The lowest BCUT2D eigenvalue weighted by Crippen LogP contribution is -2.07. The van der Waals surface area contributed by atoms with Crippen molar-refractivity contribution in [1.29, 1.82) is 0 Å². The Morgan fingerprint density at radius 1 is 0.967 bits per heavy atom. The number of ether oxygens (including phenoxy) is 5. The third kappa shape index (κ3) is 3.88. The highest BCUT2D eigenvalue weighted by Gasteiger charge is 2.28. The summed E-state index contributed by atoms with van der Waals surface area (Å²) >= 11 is 0. The number of aliphatic imine (C=N–C) groups is 1. The van der Waals surface area contributed by atoms with E-state index in [1.54, 1.807) is 12.1 Å². The summed E-state index contributed by atoms with van der Waals surface area (Å²) in [6, 6.07) is 7.20. The number of rotatable bonds is 7. The van der Waals surface area contributed by atoms with Crippen molar-refractivity contribution < 1.29 is 33.4 Å². The van der Waals surface area contributed by atoms with E-state index in [9.17, 15) is 14.9 Å². The zero-order valence-electron chi connectivity index (χ0n) is 16.6. The molecule has 2 aromatic rings. The van der Waals surface area contributed by atoms with E-state index in [-0.39, 0.29) is 28.6 Å². The lowest BCUT2D eigenvalue weighted by molar-refractivity contribution is -0.384. The van der Waals surface area contributed by atoms with E-state index in [2.05, 4.69) is 4.99 Å². The number of nitro benzene ring substituents is 1. The number of hydrogen-bond donors (Lipinski definition) is 0. The molecule has 2 aromatic carbocycles. The summed E-state index contributed by atoms with van der Waals surface area (Å²) in [5.41, 5.74) is 0.542. The molecule has 0 atom stereocenters. The fourth-order valence-corrected chi connectivity index (χ4v) is 2.84. The Bertz CT molecular complexity index is 1050. The highest BCUT2D eigenvalue weighted by atomic mass is 16.6. The molecule has 1 aliphatic heterocycles. The molecule has 0 fully saturated rings. The third-order valence-electron chi connectivity index (χ3n) is 4.24. The van der Waals surface area contributed by atoms with E-state index >= 15 is 0 Å². The van der Waals surface area contributed by atoms with Gasteiger partial charge < -0.3 is 23.7 Å². The second kappa shape index (κ2) is 8.52. The second-order valence-corrected chi connectivity index (χ2v) is 5.94. The van der Waals surface area contributed by atoms with Gasteiger partial charge in [0, 0.05) is 12.1 Å². The van der Waals surface area contributed by atoms with Crippen molar-refractivity contribution in [1.82, 2.24) is 0 Å². The Balaban J connectivity index is 2.06. The van der Waals surface area contributed by atoms with Gasteiger partial charge >= 0.3 is 5.97 Å². The van der Waals surface area contributed by atoms with Crippen molar-refractivity contribution in [3.63, 3.8) is 0 Å².